The highest BCUT2D eigenvalue weighted by atomic mass is 19.1. The highest BCUT2D eigenvalue weighted by molar-refractivity contribution is 6.61. The fourth-order valence-corrected chi connectivity index (χ4v) is 3.42. The predicted molar refractivity (Wildman–Crippen MR) is 92.7 cm³/mol. The fraction of sp³-hybridized carbons (Fsp3) is 0.471. The fourth-order valence-electron chi connectivity index (χ4n) is 3.42. The second kappa shape index (κ2) is 8.05. The van der Waals surface area contributed by atoms with Crippen molar-refractivity contribution in [2.45, 2.75) is 38.3 Å². The molecule has 3 N–H and O–H groups in total. The molecule has 10 heteroatoms. The molecule has 1 fully saturated rings. The Balaban J connectivity index is 1.69. The smallest absolute Gasteiger partial charge is 0.481 e. The Morgan fingerprint density at radius 2 is 2.15 bits per heavy atom. The number of benzene rings is 1. The number of aliphatic carboxylic acids is 1. The van der Waals surface area contributed by atoms with E-state index in [1.165, 1.54) is 11.0 Å². The highest BCUT2D eigenvalue weighted by Crippen LogP contribution is 2.22. The summed E-state index contributed by atoms with van der Waals surface area (Å²) >= 11 is 0. The summed E-state index contributed by atoms with van der Waals surface area (Å²) in [5.74, 6) is -2.40. The van der Waals surface area contributed by atoms with E-state index in [1.807, 2.05) is 0 Å². The minimum absolute atomic E-state index is 0.0492. The summed E-state index contributed by atoms with van der Waals surface area (Å²) in [6.07, 6.45) is 1.37. The number of carbonyl (C=O) groups is 3. The summed E-state index contributed by atoms with van der Waals surface area (Å²) < 4.78 is 19.2. The molecular weight excluding hydrogens is 358 g/mol. The Bertz CT molecular complexity index is 774. The second-order valence-corrected chi connectivity index (χ2v) is 6.63. The molecule has 2 aliphatic rings. The van der Waals surface area contributed by atoms with Crippen LogP contribution in [0.3, 0.4) is 0 Å². The average molecular weight is 378 g/mol. The number of carboxylic acid groups (broad SMARTS) is 1. The van der Waals surface area contributed by atoms with Crippen LogP contribution in [0.25, 0.3) is 0 Å². The van der Waals surface area contributed by atoms with Crippen molar-refractivity contribution in [3.63, 3.8) is 0 Å². The lowest BCUT2D eigenvalue weighted by Crippen LogP contribution is -2.46. The van der Waals surface area contributed by atoms with Crippen LogP contribution >= 0.6 is 0 Å². The zero-order valence-corrected chi connectivity index (χ0v) is 14.6. The number of likely N-dealkylation sites (tertiary alicyclic amines) is 1. The van der Waals surface area contributed by atoms with Crippen LogP contribution in [0, 0.1) is 5.82 Å². The molecule has 8 nitrogen and oxygen atoms in total. The zero-order valence-electron chi connectivity index (χ0n) is 14.6. The molecule has 2 aliphatic heterocycles. The van der Waals surface area contributed by atoms with E-state index < -0.39 is 30.9 Å². The van der Waals surface area contributed by atoms with Crippen molar-refractivity contribution in [1.82, 2.24) is 10.2 Å². The molecule has 0 aromatic heterocycles. The van der Waals surface area contributed by atoms with E-state index in [9.17, 15) is 23.8 Å². The first-order chi connectivity index (χ1) is 12.9. The number of carboxylic acids is 1. The Kier molecular flexibility index (Phi) is 5.76. The van der Waals surface area contributed by atoms with Crippen molar-refractivity contribution in [2.24, 2.45) is 0 Å². The van der Waals surface area contributed by atoms with E-state index in [2.05, 4.69) is 5.32 Å². The first kappa shape index (κ1) is 19.3. The van der Waals surface area contributed by atoms with E-state index in [4.69, 9.17) is 9.76 Å². The van der Waals surface area contributed by atoms with Crippen molar-refractivity contribution in [2.75, 3.05) is 13.1 Å². The van der Waals surface area contributed by atoms with Crippen molar-refractivity contribution in [3.8, 4) is 0 Å². The van der Waals surface area contributed by atoms with Crippen LogP contribution < -0.4 is 10.8 Å². The van der Waals surface area contributed by atoms with Crippen LogP contribution in [-0.2, 0) is 20.9 Å². The third-order valence-electron chi connectivity index (χ3n) is 4.81. The van der Waals surface area contributed by atoms with Gasteiger partial charge in [0.2, 0.25) is 5.91 Å². The first-order valence-electron chi connectivity index (χ1n) is 8.81. The van der Waals surface area contributed by atoms with Gasteiger partial charge in [-0.1, -0.05) is 0 Å². The maximum Gasteiger partial charge on any atom is 0.491 e. The number of fused-ring (bicyclic) bond motifs is 1. The minimum atomic E-state index is -1.27. The highest BCUT2D eigenvalue weighted by Gasteiger charge is 2.36. The van der Waals surface area contributed by atoms with Gasteiger partial charge in [-0.3, -0.25) is 14.4 Å². The SMILES string of the molecule is O=C(O)CCCNC(=O)C1CCCN1C(=O)c1cc(F)c2c(c1)B(O)OC2. The molecule has 0 bridgehead atoms. The maximum atomic E-state index is 14.2. The number of rotatable bonds is 6. The molecule has 0 aliphatic carbocycles. The van der Waals surface area contributed by atoms with E-state index in [0.717, 1.165) is 6.07 Å². The number of halogens is 1. The van der Waals surface area contributed by atoms with Gasteiger partial charge in [0, 0.05) is 30.6 Å². The van der Waals surface area contributed by atoms with Crippen LogP contribution in [-0.4, -0.2) is 59.1 Å². The minimum Gasteiger partial charge on any atom is -0.481 e. The molecule has 1 atom stereocenters. The molecule has 3 rings (SSSR count). The summed E-state index contributed by atoms with van der Waals surface area (Å²) in [5.41, 5.74) is 0.516. The first-order valence-corrected chi connectivity index (χ1v) is 8.81. The summed E-state index contributed by atoms with van der Waals surface area (Å²) in [6.45, 7) is 0.520. The normalized spacial score (nSPS) is 18.5. The van der Waals surface area contributed by atoms with Crippen molar-refractivity contribution in [1.29, 1.82) is 0 Å². The Morgan fingerprint density at radius 3 is 2.89 bits per heavy atom. The van der Waals surface area contributed by atoms with Gasteiger partial charge in [-0.25, -0.2) is 4.39 Å². The molecular formula is C17H20BFN2O6. The molecule has 0 radical (unpaired) electrons. The van der Waals surface area contributed by atoms with Gasteiger partial charge in [-0.15, -0.1) is 0 Å². The zero-order chi connectivity index (χ0) is 19.6. The lowest BCUT2D eigenvalue weighted by atomic mass is 9.78. The Labute approximate surface area is 155 Å². The standard InChI is InChI=1S/C17H20BFN2O6/c19-13-8-10(7-12-11(13)9-27-18(12)26)17(25)21-6-2-3-14(21)16(24)20-5-1-4-15(22)23/h7-8,14,26H,1-6,9H2,(H,20,24)(H,22,23). The van der Waals surface area contributed by atoms with Gasteiger partial charge in [-0.05, 0) is 36.9 Å². The Hall–Kier alpha value is -2.46. The molecule has 2 amide bonds. The topological polar surface area (TPSA) is 116 Å². The third-order valence-corrected chi connectivity index (χ3v) is 4.81. The lowest BCUT2D eigenvalue weighted by Gasteiger charge is -2.24. The molecule has 144 valence electrons. The van der Waals surface area contributed by atoms with Crippen molar-refractivity contribution >= 4 is 30.4 Å². The molecule has 1 unspecified atom stereocenters. The van der Waals surface area contributed by atoms with Crippen LogP contribution in [0.4, 0.5) is 4.39 Å². The van der Waals surface area contributed by atoms with Gasteiger partial charge in [-0.2, -0.15) is 0 Å². The molecule has 2 heterocycles. The molecule has 0 spiro atoms. The number of hydrogen-bond acceptors (Lipinski definition) is 5. The van der Waals surface area contributed by atoms with E-state index in [1.54, 1.807) is 0 Å². The number of carbonyl (C=O) groups excluding carboxylic acids is 2. The van der Waals surface area contributed by atoms with Gasteiger partial charge in [0.25, 0.3) is 5.91 Å². The summed E-state index contributed by atoms with van der Waals surface area (Å²) in [7, 11) is -1.27. The molecule has 1 aromatic carbocycles. The maximum absolute atomic E-state index is 14.2. The van der Waals surface area contributed by atoms with Gasteiger partial charge >= 0.3 is 13.1 Å². The van der Waals surface area contributed by atoms with Crippen LogP contribution in [0.5, 0.6) is 0 Å². The van der Waals surface area contributed by atoms with E-state index in [0.29, 0.717) is 25.8 Å². The summed E-state index contributed by atoms with van der Waals surface area (Å²) in [5, 5.41) is 21.0. The Morgan fingerprint density at radius 1 is 1.37 bits per heavy atom. The predicted octanol–water partition coefficient (Wildman–Crippen LogP) is -0.371. The second-order valence-electron chi connectivity index (χ2n) is 6.63. The van der Waals surface area contributed by atoms with E-state index in [-0.39, 0.29) is 42.1 Å². The van der Waals surface area contributed by atoms with Gasteiger partial charge in [0.05, 0.1) is 6.61 Å². The van der Waals surface area contributed by atoms with Gasteiger partial charge in [0.15, 0.2) is 0 Å². The molecule has 27 heavy (non-hydrogen) atoms. The lowest BCUT2D eigenvalue weighted by molar-refractivity contribution is -0.137. The van der Waals surface area contributed by atoms with Gasteiger partial charge < -0.3 is 25.0 Å². The quantitative estimate of drug-likeness (QED) is 0.460. The number of nitrogens with zero attached hydrogens (tertiary/aromatic N) is 1. The van der Waals surface area contributed by atoms with Gasteiger partial charge in [0.1, 0.15) is 11.9 Å². The molecule has 0 saturated carbocycles. The summed E-state index contributed by atoms with van der Waals surface area (Å²) in [6, 6.07) is 1.82. The van der Waals surface area contributed by atoms with Crippen LogP contribution in [0.2, 0.25) is 0 Å². The number of nitrogens with one attached hydrogen (secondary N) is 1. The monoisotopic (exact) mass is 378 g/mol. The third kappa shape index (κ3) is 4.11. The van der Waals surface area contributed by atoms with E-state index >= 15 is 0 Å². The molecule has 1 saturated heterocycles. The van der Waals surface area contributed by atoms with Crippen LogP contribution in [0.1, 0.15) is 41.6 Å². The van der Waals surface area contributed by atoms with Crippen LogP contribution in [0.15, 0.2) is 12.1 Å². The number of hydrogen-bond donors (Lipinski definition) is 3. The van der Waals surface area contributed by atoms with Crippen molar-refractivity contribution in [3.05, 3.63) is 29.1 Å². The van der Waals surface area contributed by atoms with Crippen molar-refractivity contribution < 1.29 is 33.6 Å². The largest absolute Gasteiger partial charge is 0.491 e. The average Bonchev–Trinajstić information content (AvgIpc) is 3.25. The molecule has 1 aromatic rings. The summed E-state index contributed by atoms with van der Waals surface area (Å²) in [4.78, 5) is 37.1. The number of amides is 2.